The highest BCUT2D eigenvalue weighted by Crippen LogP contribution is 2.31. The molecule has 0 saturated carbocycles. The molecule has 1 aliphatic rings. The number of ether oxygens (including phenoxy) is 3. The molecule has 3 aromatic rings. The third-order valence-corrected chi connectivity index (χ3v) is 4.77. The van der Waals surface area contributed by atoms with Crippen LogP contribution in [0.3, 0.4) is 0 Å². The molecular formula is C20H15FN2O5S. The van der Waals surface area contributed by atoms with E-state index in [1.165, 1.54) is 23.5 Å². The fraction of sp³-hybridized carbons (Fsp3) is 0.150. The van der Waals surface area contributed by atoms with Gasteiger partial charge in [-0.05, 0) is 36.4 Å². The number of fused-ring (bicyclic) bond motifs is 1. The van der Waals surface area contributed by atoms with Gasteiger partial charge in [-0.1, -0.05) is 12.1 Å². The van der Waals surface area contributed by atoms with E-state index in [0.717, 1.165) is 5.56 Å². The standard InChI is InChI=1S/C20H15FN2O5S/c21-13-7-5-12(6-8-13)14-11-29-20(22-14)23-18(24)10-27-19(25)17-9-26-15-3-1-2-4-16(15)28-17/h1-8,11,17H,9-10H2,(H,22,23,24)/t17-/m1/s1. The van der Waals surface area contributed by atoms with Gasteiger partial charge in [0.15, 0.2) is 23.2 Å². The number of thiazole rings is 1. The first-order valence-corrected chi connectivity index (χ1v) is 9.53. The molecular weight excluding hydrogens is 399 g/mol. The number of esters is 1. The Balaban J connectivity index is 1.28. The number of halogens is 1. The van der Waals surface area contributed by atoms with E-state index in [0.29, 0.717) is 22.3 Å². The van der Waals surface area contributed by atoms with Gasteiger partial charge in [0, 0.05) is 10.9 Å². The zero-order valence-corrected chi connectivity index (χ0v) is 15.8. The number of hydrogen-bond donors (Lipinski definition) is 1. The van der Waals surface area contributed by atoms with Crippen molar-refractivity contribution in [2.75, 3.05) is 18.5 Å². The fourth-order valence-electron chi connectivity index (χ4n) is 2.61. The van der Waals surface area contributed by atoms with Crippen molar-refractivity contribution in [3.8, 4) is 22.8 Å². The Morgan fingerprint density at radius 3 is 2.72 bits per heavy atom. The lowest BCUT2D eigenvalue weighted by atomic mass is 10.2. The van der Waals surface area contributed by atoms with E-state index >= 15 is 0 Å². The summed E-state index contributed by atoms with van der Waals surface area (Å²) in [5, 5.41) is 4.64. The number of para-hydroxylation sites is 2. The molecule has 0 saturated heterocycles. The molecule has 0 aliphatic carbocycles. The van der Waals surface area contributed by atoms with E-state index in [2.05, 4.69) is 10.3 Å². The lowest BCUT2D eigenvalue weighted by Crippen LogP contribution is -2.39. The maximum Gasteiger partial charge on any atom is 0.351 e. The summed E-state index contributed by atoms with van der Waals surface area (Å²) >= 11 is 1.21. The molecule has 1 aliphatic heterocycles. The first-order valence-electron chi connectivity index (χ1n) is 8.65. The van der Waals surface area contributed by atoms with Crippen molar-refractivity contribution in [3.63, 3.8) is 0 Å². The largest absolute Gasteiger partial charge is 0.485 e. The molecule has 1 N–H and O–H groups in total. The van der Waals surface area contributed by atoms with E-state index in [4.69, 9.17) is 14.2 Å². The quantitative estimate of drug-likeness (QED) is 0.645. The lowest BCUT2D eigenvalue weighted by Gasteiger charge is -2.24. The van der Waals surface area contributed by atoms with Crippen molar-refractivity contribution in [1.82, 2.24) is 4.98 Å². The van der Waals surface area contributed by atoms with Crippen LogP contribution in [0.5, 0.6) is 11.5 Å². The second kappa shape index (κ2) is 8.27. The van der Waals surface area contributed by atoms with Gasteiger partial charge in [-0.25, -0.2) is 14.2 Å². The molecule has 1 atom stereocenters. The second-order valence-electron chi connectivity index (χ2n) is 6.06. The number of nitrogens with zero attached hydrogens (tertiary/aromatic N) is 1. The Kier molecular flexibility index (Phi) is 5.39. The Labute approximate surface area is 169 Å². The minimum atomic E-state index is -0.942. The van der Waals surface area contributed by atoms with Crippen molar-refractivity contribution in [3.05, 3.63) is 59.7 Å². The fourth-order valence-corrected chi connectivity index (χ4v) is 3.34. The van der Waals surface area contributed by atoms with E-state index in [1.54, 1.807) is 41.8 Å². The summed E-state index contributed by atoms with van der Waals surface area (Å²) < 4.78 is 29.0. The van der Waals surface area contributed by atoms with Crippen LogP contribution in [0.4, 0.5) is 9.52 Å². The number of aromatic nitrogens is 1. The van der Waals surface area contributed by atoms with E-state index in [1.807, 2.05) is 0 Å². The lowest BCUT2D eigenvalue weighted by molar-refractivity contribution is -0.156. The molecule has 29 heavy (non-hydrogen) atoms. The third kappa shape index (κ3) is 4.52. The van der Waals surface area contributed by atoms with E-state index in [-0.39, 0.29) is 12.4 Å². The molecule has 7 nitrogen and oxygen atoms in total. The van der Waals surface area contributed by atoms with Crippen LogP contribution in [0.1, 0.15) is 0 Å². The van der Waals surface area contributed by atoms with E-state index in [9.17, 15) is 14.0 Å². The van der Waals surface area contributed by atoms with Crippen molar-refractivity contribution < 1.29 is 28.2 Å². The van der Waals surface area contributed by atoms with Gasteiger partial charge in [-0.2, -0.15) is 0 Å². The predicted octanol–water partition coefficient (Wildman–Crippen LogP) is 3.27. The molecule has 1 aromatic heterocycles. The summed E-state index contributed by atoms with van der Waals surface area (Å²) in [5.41, 5.74) is 1.33. The summed E-state index contributed by atoms with van der Waals surface area (Å²) in [4.78, 5) is 28.4. The molecule has 0 radical (unpaired) electrons. The first-order chi connectivity index (χ1) is 14.1. The van der Waals surface area contributed by atoms with Crippen LogP contribution in [0.2, 0.25) is 0 Å². The number of carbonyl (C=O) groups excluding carboxylic acids is 2. The number of nitrogens with one attached hydrogen (secondary N) is 1. The highest BCUT2D eigenvalue weighted by molar-refractivity contribution is 7.14. The molecule has 1 amide bonds. The molecule has 2 heterocycles. The molecule has 0 bridgehead atoms. The van der Waals surface area contributed by atoms with E-state index < -0.39 is 24.6 Å². The average Bonchev–Trinajstić information content (AvgIpc) is 3.20. The van der Waals surface area contributed by atoms with Crippen LogP contribution in [0.15, 0.2) is 53.9 Å². The Hall–Kier alpha value is -3.46. The molecule has 4 rings (SSSR count). The Morgan fingerprint density at radius 2 is 1.93 bits per heavy atom. The summed E-state index contributed by atoms with van der Waals surface area (Å²) in [7, 11) is 0. The van der Waals surface area contributed by atoms with Gasteiger partial charge in [-0.3, -0.25) is 10.1 Å². The molecule has 0 fully saturated rings. The smallest absolute Gasteiger partial charge is 0.351 e. The average molecular weight is 414 g/mol. The topological polar surface area (TPSA) is 86.8 Å². The summed E-state index contributed by atoms with van der Waals surface area (Å²) in [5.74, 6) is -0.567. The van der Waals surface area contributed by atoms with Crippen LogP contribution in [-0.2, 0) is 14.3 Å². The molecule has 0 unspecified atom stereocenters. The highest BCUT2D eigenvalue weighted by atomic mass is 32.1. The number of carbonyl (C=O) groups is 2. The maximum absolute atomic E-state index is 13.0. The normalized spacial score (nSPS) is 14.9. The molecule has 0 spiro atoms. The Morgan fingerprint density at radius 1 is 1.17 bits per heavy atom. The van der Waals surface area contributed by atoms with Crippen LogP contribution in [-0.4, -0.2) is 36.2 Å². The third-order valence-electron chi connectivity index (χ3n) is 4.01. The zero-order chi connectivity index (χ0) is 20.2. The van der Waals surface area contributed by atoms with Crippen LogP contribution in [0.25, 0.3) is 11.3 Å². The maximum atomic E-state index is 13.0. The SMILES string of the molecule is O=C(COC(=O)[C@H]1COc2ccccc2O1)Nc1nc(-c2ccc(F)cc2)cs1. The van der Waals surface area contributed by atoms with Gasteiger partial charge >= 0.3 is 5.97 Å². The Bertz CT molecular complexity index is 1040. The van der Waals surface area contributed by atoms with Gasteiger partial charge in [0.1, 0.15) is 12.4 Å². The number of amides is 1. The highest BCUT2D eigenvalue weighted by Gasteiger charge is 2.29. The number of anilines is 1. The van der Waals surface area contributed by atoms with Gasteiger partial charge in [0.2, 0.25) is 6.10 Å². The minimum Gasteiger partial charge on any atom is -0.485 e. The zero-order valence-electron chi connectivity index (χ0n) is 15.0. The van der Waals surface area contributed by atoms with Crippen LogP contribution >= 0.6 is 11.3 Å². The summed E-state index contributed by atoms with van der Waals surface area (Å²) in [6, 6.07) is 12.8. The van der Waals surface area contributed by atoms with Crippen molar-refractivity contribution in [1.29, 1.82) is 0 Å². The predicted molar refractivity (Wildman–Crippen MR) is 103 cm³/mol. The molecule has 2 aromatic carbocycles. The van der Waals surface area contributed by atoms with Crippen molar-refractivity contribution >= 4 is 28.3 Å². The number of benzene rings is 2. The summed E-state index contributed by atoms with van der Waals surface area (Å²) in [6.45, 7) is -0.475. The van der Waals surface area contributed by atoms with Gasteiger partial charge in [0.05, 0.1) is 5.69 Å². The van der Waals surface area contributed by atoms with Gasteiger partial charge in [0.25, 0.3) is 5.91 Å². The monoisotopic (exact) mass is 414 g/mol. The minimum absolute atomic E-state index is 0.00494. The van der Waals surface area contributed by atoms with Gasteiger partial charge < -0.3 is 14.2 Å². The molecule has 148 valence electrons. The number of rotatable bonds is 5. The van der Waals surface area contributed by atoms with Gasteiger partial charge in [-0.15, -0.1) is 11.3 Å². The van der Waals surface area contributed by atoms with Crippen molar-refractivity contribution in [2.45, 2.75) is 6.10 Å². The van der Waals surface area contributed by atoms with Crippen molar-refractivity contribution in [2.24, 2.45) is 0 Å². The second-order valence-corrected chi connectivity index (χ2v) is 6.92. The molecule has 9 heteroatoms. The van der Waals surface area contributed by atoms with Crippen LogP contribution < -0.4 is 14.8 Å². The number of hydrogen-bond acceptors (Lipinski definition) is 7. The first kappa shape index (κ1) is 18.9. The summed E-state index contributed by atoms with van der Waals surface area (Å²) in [6.07, 6.45) is -0.942. The van der Waals surface area contributed by atoms with Crippen LogP contribution in [0, 0.1) is 5.82 Å².